The summed E-state index contributed by atoms with van der Waals surface area (Å²) in [4.78, 5) is 49.6. The van der Waals surface area contributed by atoms with Crippen molar-refractivity contribution < 1.29 is 19.1 Å². The van der Waals surface area contributed by atoms with Gasteiger partial charge in [-0.05, 0) is 82.2 Å². The fourth-order valence-corrected chi connectivity index (χ4v) is 6.74. The lowest BCUT2D eigenvalue weighted by molar-refractivity contribution is 0.0508. The summed E-state index contributed by atoms with van der Waals surface area (Å²) in [5.74, 6) is 1.36. The summed E-state index contributed by atoms with van der Waals surface area (Å²) in [6.45, 7) is 7.36. The van der Waals surface area contributed by atoms with E-state index in [1.807, 2.05) is 68.1 Å². The van der Waals surface area contributed by atoms with E-state index in [2.05, 4.69) is 10.2 Å². The highest BCUT2D eigenvalue weighted by molar-refractivity contribution is 7.17. The molecular weight excluding hydrogens is 536 g/mol. The third kappa shape index (κ3) is 6.15. The number of benzene rings is 1. The first-order valence-corrected chi connectivity index (χ1v) is 15.2. The van der Waals surface area contributed by atoms with Crippen molar-refractivity contribution in [2.45, 2.75) is 64.5 Å². The smallest absolute Gasteiger partial charge is 0.407 e. The Bertz CT molecular complexity index is 1490. The van der Waals surface area contributed by atoms with Gasteiger partial charge in [0.05, 0.1) is 16.6 Å². The molecule has 0 bridgehead atoms. The zero-order valence-electron chi connectivity index (χ0n) is 23.8. The minimum atomic E-state index is -0.551. The molecule has 3 aliphatic rings. The molecule has 1 aromatic carbocycles. The molecule has 0 unspecified atom stereocenters. The molecular formula is C32H36N4O4S. The summed E-state index contributed by atoms with van der Waals surface area (Å²) < 4.78 is 5.40. The van der Waals surface area contributed by atoms with Crippen LogP contribution in [-0.4, -0.2) is 54.0 Å². The lowest BCUT2D eigenvalue weighted by atomic mass is 10.1. The maximum Gasteiger partial charge on any atom is 0.407 e. The molecule has 1 saturated carbocycles. The van der Waals surface area contributed by atoms with Crippen LogP contribution in [0.1, 0.15) is 72.2 Å². The number of pyridine rings is 1. The van der Waals surface area contributed by atoms with Crippen LogP contribution in [0.25, 0.3) is 10.4 Å². The number of ether oxygens (including phenoxy) is 1. The number of anilines is 2. The summed E-state index contributed by atoms with van der Waals surface area (Å²) >= 11 is 1.56. The maximum absolute atomic E-state index is 13.9. The van der Waals surface area contributed by atoms with Gasteiger partial charge in [-0.25, -0.2) is 9.78 Å². The second-order valence-electron chi connectivity index (χ2n) is 12.2. The fourth-order valence-electron chi connectivity index (χ4n) is 5.55. The van der Waals surface area contributed by atoms with Crippen molar-refractivity contribution in [3.8, 4) is 10.4 Å². The molecule has 214 valence electrons. The average Bonchev–Trinajstić information content (AvgIpc) is 3.49. The van der Waals surface area contributed by atoms with E-state index < -0.39 is 11.7 Å². The van der Waals surface area contributed by atoms with Gasteiger partial charge in [-0.15, -0.1) is 11.3 Å². The van der Waals surface area contributed by atoms with Gasteiger partial charge in [0.1, 0.15) is 17.1 Å². The average molecular weight is 573 g/mol. The van der Waals surface area contributed by atoms with E-state index in [4.69, 9.17) is 9.72 Å². The second kappa shape index (κ2) is 10.9. The first-order chi connectivity index (χ1) is 19.6. The number of hydrogen-bond donors (Lipinski definition) is 1. The van der Waals surface area contributed by atoms with Crippen molar-refractivity contribution in [2.24, 2.45) is 5.92 Å². The van der Waals surface area contributed by atoms with E-state index in [9.17, 15) is 14.4 Å². The van der Waals surface area contributed by atoms with Gasteiger partial charge < -0.3 is 19.9 Å². The Hall–Kier alpha value is -3.72. The number of nitrogens with zero attached hydrogens (tertiary/aromatic N) is 3. The van der Waals surface area contributed by atoms with Crippen molar-refractivity contribution in [3.05, 3.63) is 64.7 Å². The molecule has 1 saturated heterocycles. The number of carbonyl (C=O) groups excluding carboxylic acids is 3. The van der Waals surface area contributed by atoms with Crippen LogP contribution in [0, 0.1) is 5.92 Å². The summed E-state index contributed by atoms with van der Waals surface area (Å²) in [6, 6.07) is 15.5. The molecule has 4 heterocycles. The number of amides is 2. The summed E-state index contributed by atoms with van der Waals surface area (Å²) in [6.07, 6.45) is 3.98. The fraction of sp³-hybridized carbons (Fsp3) is 0.438. The Morgan fingerprint density at radius 2 is 1.85 bits per heavy atom. The molecule has 0 spiro atoms. The Balaban J connectivity index is 1.19. The van der Waals surface area contributed by atoms with E-state index in [-0.39, 0.29) is 17.7 Å². The third-order valence-corrected chi connectivity index (χ3v) is 8.98. The van der Waals surface area contributed by atoms with Crippen molar-refractivity contribution in [1.29, 1.82) is 0 Å². The van der Waals surface area contributed by atoms with Crippen LogP contribution in [0.15, 0.2) is 48.5 Å². The molecule has 0 radical (unpaired) electrons. The predicted octanol–water partition coefficient (Wildman–Crippen LogP) is 6.10. The van der Waals surface area contributed by atoms with Crippen LogP contribution < -0.4 is 15.1 Å². The van der Waals surface area contributed by atoms with Gasteiger partial charge in [-0.2, -0.15) is 0 Å². The highest BCUT2D eigenvalue weighted by atomic mass is 32.1. The number of aromatic nitrogens is 1. The van der Waals surface area contributed by atoms with E-state index in [1.165, 1.54) is 0 Å². The molecule has 9 heteroatoms. The molecule has 1 atom stereocenters. The number of Topliss-reactive ketones (excluding diaryl/α,β-unsaturated/α-hetero) is 1. The highest BCUT2D eigenvalue weighted by Crippen LogP contribution is 2.43. The second-order valence-corrected chi connectivity index (χ2v) is 13.3. The normalized spacial score (nSPS) is 18.4. The highest BCUT2D eigenvalue weighted by Gasteiger charge is 2.31. The van der Waals surface area contributed by atoms with Crippen molar-refractivity contribution in [1.82, 2.24) is 10.3 Å². The number of rotatable bonds is 6. The van der Waals surface area contributed by atoms with Gasteiger partial charge in [0.15, 0.2) is 5.78 Å². The Morgan fingerprint density at radius 3 is 2.63 bits per heavy atom. The van der Waals surface area contributed by atoms with Crippen LogP contribution in [0.4, 0.5) is 16.3 Å². The number of nitrogens with one attached hydrogen (secondary N) is 1. The molecule has 3 aromatic rings. The monoisotopic (exact) mass is 572 g/mol. The van der Waals surface area contributed by atoms with Crippen molar-refractivity contribution >= 4 is 40.6 Å². The number of alkyl carbamates (subject to hydrolysis) is 1. The molecule has 41 heavy (non-hydrogen) atoms. The number of para-hydroxylation sites is 1. The molecule has 2 aliphatic heterocycles. The van der Waals surface area contributed by atoms with Crippen LogP contribution in [-0.2, 0) is 11.2 Å². The summed E-state index contributed by atoms with van der Waals surface area (Å²) in [5.41, 5.74) is 2.78. The molecule has 2 aromatic heterocycles. The first kappa shape index (κ1) is 27.4. The molecule has 2 fully saturated rings. The summed E-state index contributed by atoms with van der Waals surface area (Å²) in [7, 11) is 0. The van der Waals surface area contributed by atoms with E-state index in [1.54, 1.807) is 17.4 Å². The van der Waals surface area contributed by atoms with Gasteiger partial charge in [0, 0.05) is 36.5 Å². The standard InChI is InChI=1S/C32H36N4O4S/c1-32(2,3)40-31(39)33-22-14-15-35(19-22)28-10-6-8-24(34-28)30(38)36-16-13-21-18-27(26(37)17-20-11-12-20)41-29(21)23-7-4-5-9-25(23)36/h4-10,18,20,22H,11-17,19H2,1-3H3,(H,33,39)/t22-/m1/s1. The number of carbonyl (C=O) groups is 3. The zero-order chi connectivity index (χ0) is 28.7. The number of thiophene rings is 1. The molecule has 1 aliphatic carbocycles. The maximum atomic E-state index is 13.9. The van der Waals surface area contributed by atoms with Crippen LogP contribution >= 0.6 is 11.3 Å². The predicted molar refractivity (Wildman–Crippen MR) is 161 cm³/mol. The number of hydrogen-bond acceptors (Lipinski definition) is 7. The van der Waals surface area contributed by atoms with Crippen molar-refractivity contribution in [2.75, 3.05) is 29.4 Å². The molecule has 8 nitrogen and oxygen atoms in total. The van der Waals surface area contributed by atoms with Gasteiger partial charge in [0.2, 0.25) is 0 Å². The van der Waals surface area contributed by atoms with Crippen molar-refractivity contribution in [3.63, 3.8) is 0 Å². The Labute approximate surface area is 244 Å². The Morgan fingerprint density at radius 1 is 1.05 bits per heavy atom. The lowest BCUT2D eigenvalue weighted by Gasteiger charge is -2.24. The van der Waals surface area contributed by atoms with E-state index in [0.29, 0.717) is 43.4 Å². The minimum absolute atomic E-state index is 0.0523. The largest absolute Gasteiger partial charge is 0.444 e. The molecule has 6 rings (SSSR count). The van der Waals surface area contributed by atoms with Crippen LogP contribution in [0.5, 0.6) is 0 Å². The number of ketones is 1. The number of fused-ring (bicyclic) bond motifs is 3. The van der Waals surface area contributed by atoms with Crippen LogP contribution in [0.3, 0.4) is 0 Å². The van der Waals surface area contributed by atoms with E-state index >= 15 is 0 Å². The Kier molecular flexibility index (Phi) is 7.32. The van der Waals surface area contributed by atoms with Gasteiger partial charge >= 0.3 is 6.09 Å². The van der Waals surface area contributed by atoms with Gasteiger partial charge in [-0.1, -0.05) is 24.3 Å². The minimum Gasteiger partial charge on any atom is -0.444 e. The van der Waals surface area contributed by atoms with Gasteiger partial charge in [0.25, 0.3) is 5.91 Å². The SMILES string of the molecule is CC(C)(C)OC(=O)N[C@@H]1CCN(c2cccc(C(=O)N3CCc4cc(C(=O)CC5CC5)sc4-c4ccccc43)n2)C1. The summed E-state index contributed by atoms with van der Waals surface area (Å²) in [5, 5.41) is 2.95. The quantitative estimate of drug-likeness (QED) is 0.359. The molecule has 2 amide bonds. The van der Waals surface area contributed by atoms with Gasteiger partial charge in [-0.3, -0.25) is 9.59 Å². The van der Waals surface area contributed by atoms with E-state index in [0.717, 1.165) is 52.4 Å². The zero-order valence-corrected chi connectivity index (χ0v) is 24.6. The first-order valence-electron chi connectivity index (χ1n) is 14.4. The topological polar surface area (TPSA) is 91.8 Å². The molecule has 1 N–H and O–H groups in total. The third-order valence-electron chi connectivity index (χ3n) is 7.73. The van der Waals surface area contributed by atoms with Crippen LogP contribution in [0.2, 0.25) is 0 Å². The lowest BCUT2D eigenvalue weighted by Crippen LogP contribution is -2.40.